The van der Waals surface area contributed by atoms with E-state index in [0.29, 0.717) is 41.7 Å². The van der Waals surface area contributed by atoms with Crippen LogP contribution in [0.2, 0.25) is 0 Å². The molecule has 2 amide bonds. The Morgan fingerprint density at radius 3 is 2.27 bits per heavy atom. The summed E-state index contributed by atoms with van der Waals surface area (Å²) in [6, 6.07) is 11.0. The van der Waals surface area contributed by atoms with Gasteiger partial charge in [-0.05, 0) is 104 Å². The summed E-state index contributed by atoms with van der Waals surface area (Å²) >= 11 is 0. The van der Waals surface area contributed by atoms with Crippen LogP contribution in [0, 0.1) is 39.2 Å². The first-order chi connectivity index (χ1) is 23.3. The first-order valence-corrected chi connectivity index (χ1v) is 19.5. The number of carbonyl (C=O) groups excluding carboxylic acids is 2. The van der Waals surface area contributed by atoms with Crippen LogP contribution < -0.4 is 14.9 Å². The molecule has 266 valence electrons. The minimum atomic E-state index is -4.36. The van der Waals surface area contributed by atoms with Crippen molar-refractivity contribution < 1.29 is 22.9 Å². The molecule has 0 aromatic heterocycles. The summed E-state index contributed by atoms with van der Waals surface area (Å²) in [5.41, 5.74) is 1.37. The average molecular weight is 694 g/mol. The first-order valence-electron chi connectivity index (χ1n) is 18.0. The largest absolute Gasteiger partial charge is 0.379 e. The van der Waals surface area contributed by atoms with Gasteiger partial charge in [0.1, 0.15) is 5.69 Å². The van der Waals surface area contributed by atoms with Gasteiger partial charge in [0.2, 0.25) is 5.91 Å². The molecule has 5 aliphatic rings. The van der Waals surface area contributed by atoms with E-state index in [0.717, 1.165) is 69.8 Å². The molecule has 4 aliphatic carbocycles. The van der Waals surface area contributed by atoms with Crippen LogP contribution in [0.15, 0.2) is 47.4 Å². The Hall–Kier alpha value is -3.67. The molecule has 2 bridgehead atoms. The summed E-state index contributed by atoms with van der Waals surface area (Å²) in [5, 5.41) is 15.0. The number of benzene rings is 2. The highest BCUT2D eigenvalue weighted by Gasteiger charge is 2.58. The van der Waals surface area contributed by atoms with E-state index in [9.17, 15) is 28.1 Å². The second-order valence-electron chi connectivity index (χ2n) is 15.5. The molecule has 11 nitrogen and oxygen atoms in total. The van der Waals surface area contributed by atoms with Crippen molar-refractivity contribution in [3.8, 4) is 0 Å². The molecule has 5 fully saturated rings. The van der Waals surface area contributed by atoms with E-state index in [4.69, 9.17) is 0 Å². The zero-order valence-electron chi connectivity index (χ0n) is 29.2. The number of fused-ring (bicyclic) bond motifs is 2. The molecule has 0 spiro atoms. The number of nitro benzene ring substituents is 1. The van der Waals surface area contributed by atoms with Crippen LogP contribution in [0.1, 0.15) is 95.8 Å². The number of hydrogen-bond acceptors (Lipinski definition) is 8. The molecule has 7 rings (SSSR count). The van der Waals surface area contributed by atoms with Gasteiger partial charge < -0.3 is 15.1 Å². The number of nitrogens with one attached hydrogen (secondary N) is 2. The SMILES string of the molecule is CC(=O)N(C1CCN(c2ccc(C(=O)NS(=O)(=O)c3ccc(NCC4CCCCC4)c([N+](=O)[O-])c3)cc2)CC1)[C@@H]1C[C@@H]2C[C@H]([C@H]1C)C2(C)C. The molecule has 1 aliphatic heterocycles. The predicted molar refractivity (Wildman–Crippen MR) is 190 cm³/mol. The highest BCUT2D eigenvalue weighted by atomic mass is 32.2. The number of anilines is 2. The Morgan fingerprint density at radius 1 is 1.00 bits per heavy atom. The van der Waals surface area contributed by atoms with Crippen molar-refractivity contribution in [2.45, 2.75) is 102 Å². The van der Waals surface area contributed by atoms with E-state index in [1.54, 1.807) is 31.2 Å². The quantitative estimate of drug-likeness (QED) is 0.210. The molecular weight excluding hydrogens is 643 g/mol. The lowest BCUT2D eigenvalue weighted by atomic mass is 9.44. The number of rotatable bonds is 10. The van der Waals surface area contributed by atoms with Gasteiger partial charge >= 0.3 is 0 Å². The van der Waals surface area contributed by atoms with Crippen LogP contribution in [-0.2, 0) is 14.8 Å². The fourth-order valence-electron chi connectivity index (χ4n) is 9.34. The van der Waals surface area contributed by atoms with Crippen LogP contribution >= 0.6 is 0 Å². The standard InChI is InChI=1S/C37H51N5O6S/c1-24-32-20-28(37(32,3)4)21-34(24)41(25(2)43)30-16-18-40(19-17-30)29-12-10-27(11-13-29)36(44)39-49(47,48)31-14-15-33(35(22-31)42(45)46)38-23-26-8-6-5-7-9-26/h10-15,22,24,26,28,30,32,34,38H,5-9,16-21,23H2,1-4H3,(H,39,44)/t24-,28+,32-,34-/m1/s1. The fourth-order valence-corrected chi connectivity index (χ4v) is 10.3. The van der Waals surface area contributed by atoms with Crippen LogP contribution in [-0.4, -0.2) is 61.8 Å². The molecule has 0 radical (unpaired) electrons. The third-order valence-electron chi connectivity index (χ3n) is 12.4. The van der Waals surface area contributed by atoms with Gasteiger partial charge in [0, 0.05) is 56.0 Å². The Kier molecular flexibility index (Phi) is 9.99. The third kappa shape index (κ3) is 7.16. The number of nitrogens with zero attached hydrogens (tertiary/aromatic N) is 3. The predicted octanol–water partition coefficient (Wildman–Crippen LogP) is 6.59. The Balaban J connectivity index is 1.05. The van der Waals surface area contributed by atoms with Crippen molar-refractivity contribution in [2.75, 3.05) is 29.9 Å². The highest BCUT2D eigenvalue weighted by molar-refractivity contribution is 7.90. The van der Waals surface area contributed by atoms with Gasteiger partial charge in [0.25, 0.3) is 21.6 Å². The lowest BCUT2D eigenvalue weighted by Gasteiger charge is -2.64. The molecular formula is C37H51N5O6S. The van der Waals surface area contributed by atoms with Crippen LogP contribution in [0.3, 0.4) is 0 Å². The summed E-state index contributed by atoms with van der Waals surface area (Å²) in [5.74, 6) is 1.63. The van der Waals surface area contributed by atoms with E-state index in [2.05, 4.69) is 40.6 Å². The molecule has 2 N–H and O–H groups in total. The number of sulfonamides is 1. The van der Waals surface area contributed by atoms with Crippen molar-refractivity contribution >= 4 is 38.9 Å². The molecule has 2 aromatic carbocycles. The summed E-state index contributed by atoms with van der Waals surface area (Å²) in [6.45, 7) is 10.9. The van der Waals surface area contributed by atoms with Gasteiger partial charge in [0.15, 0.2) is 0 Å². The smallest absolute Gasteiger partial charge is 0.293 e. The summed E-state index contributed by atoms with van der Waals surface area (Å²) in [4.78, 5) is 41.3. The molecule has 1 heterocycles. The van der Waals surface area contributed by atoms with Gasteiger partial charge in [-0.2, -0.15) is 0 Å². The summed E-state index contributed by atoms with van der Waals surface area (Å²) in [7, 11) is -4.36. The maximum Gasteiger partial charge on any atom is 0.293 e. The highest BCUT2D eigenvalue weighted by Crippen LogP contribution is 2.62. The maximum absolute atomic E-state index is 13.1. The van der Waals surface area contributed by atoms with Crippen molar-refractivity contribution in [3.05, 3.63) is 58.1 Å². The van der Waals surface area contributed by atoms with E-state index < -0.39 is 20.9 Å². The number of amides is 2. The normalized spacial score (nSPS) is 25.6. The fraction of sp³-hybridized carbons (Fsp3) is 0.622. The zero-order chi connectivity index (χ0) is 35.1. The van der Waals surface area contributed by atoms with Crippen LogP contribution in [0.4, 0.5) is 17.1 Å². The minimum absolute atomic E-state index is 0.164. The number of piperidine rings is 1. The summed E-state index contributed by atoms with van der Waals surface area (Å²) in [6.07, 6.45) is 9.73. The Morgan fingerprint density at radius 2 is 1.67 bits per heavy atom. The van der Waals surface area contributed by atoms with Gasteiger partial charge in [0.05, 0.1) is 9.82 Å². The second-order valence-corrected chi connectivity index (χ2v) is 17.2. The number of hydrogen-bond donors (Lipinski definition) is 2. The van der Waals surface area contributed by atoms with Gasteiger partial charge in [-0.1, -0.05) is 40.0 Å². The minimum Gasteiger partial charge on any atom is -0.379 e. The van der Waals surface area contributed by atoms with Crippen molar-refractivity contribution in [3.63, 3.8) is 0 Å². The molecule has 4 saturated carbocycles. The number of carbonyl (C=O) groups is 2. The summed E-state index contributed by atoms with van der Waals surface area (Å²) < 4.78 is 28.3. The molecule has 0 unspecified atom stereocenters. The van der Waals surface area contributed by atoms with Gasteiger partial charge in [-0.15, -0.1) is 0 Å². The Labute approximate surface area is 290 Å². The van der Waals surface area contributed by atoms with Crippen molar-refractivity contribution in [1.29, 1.82) is 0 Å². The van der Waals surface area contributed by atoms with Crippen LogP contribution in [0.25, 0.3) is 0 Å². The van der Waals surface area contributed by atoms with E-state index in [1.807, 2.05) is 0 Å². The van der Waals surface area contributed by atoms with Crippen LogP contribution in [0.5, 0.6) is 0 Å². The molecule has 12 heteroatoms. The lowest BCUT2D eigenvalue weighted by Crippen LogP contribution is -2.63. The zero-order valence-corrected chi connectivity index (χ0v) is 30.0. The van der Waals surface area contributed by atoms with Crippen molar-refractivity contribution in [1.82, 2.24) is 9.62 Å². The topological polar surface area (TPSA) is 142 Å². The molecule has 4 atom stereocenters. The van der Waals surface area contributed by atoms with E-state index in [-0.39, 0.29) is 33.8 Å². The monoisotopic (exact) mass is 693 g/mol. The molecule has 49 heavy (non-hydrogen) atoms. The van der Waals surface area contributed by atoms with Gasteiger partial charge in [-0.25, -0.2) is 13.1 Å². The average Bonchev–Trinajstić information content (AvgIpc) is 3.08. The van der Waals surface area contributed by atoms with E-state index in [1.165, 1.54) is 25.0 Å². The lowest BCUT2D eigenvalue weighted by molar-refractivity contribution is -0.384. The maximum atomic E-state index is 13.1. The van der Waals surface area contributed by atoms with Gasteiger partial charge in [-0.3, -0.25) is 19.7 Å². The Bertz CT molecular complexity index is 1660. The van der Waals surface area contributed by atoms with E-state index >= 15 is 0 Å². The third-order valence-corrected chi connectivity index (χ3v) is 13.7. The van der Waals surface area contributed by atoms with Crippen molar-refractivity contribution in [2.24, 2.45) is 29.1 Å². The second kappa shape index (κ2) is 13.9. The molecule has 2 aromatic rings. The number of nitro groups is 1. The molecule has 1 saturated heterocycles. The first kappa shape index (κ1) is 35.2.